The minimum atomic E-state index is -1.15. The van der Waals surface area contributed by atoms with Crippen LogP contribution >= 0.6 is 0 Å². The fourth-order valence-corrected chi connectivity index (χ4v) is 3.56. The van der Waals surface area contributed by atoms with E-state index in [1.807, 2.05) is 41.0 Å². The number of nitrogens with zero attached hydrogens (tertiary/aromatic N) is 1. The van der Waals surface area contributed by atoms with Gasteiger partial charge in [0, 0.05) is 12.2 Å². The summed E-state index contributed by atoms with van der Waals surface area (Å²) in [7, 11) is 0. The number of hydrogen-bond donors (Lipinski definition) is 2. The second-order valence-corrected chi connectivity index (χ2v) is 6.85. The number of Topliss-reactive ketones (excluding diaryl/α,β-unsaturated/α-hetero) is 1. The third-order valence-corrected chi connectivity index (χ3v) is 4.86. The van der Waals surface area contributed by atoms with Crippen LogP contribution in [-0.2, 0) is 22.6 Å². The first-order chi connectivity index (χ1) is 14.3. The number of benzene rings is 2. The SMILES string of the molecule is C=CCc1ccc2c(c1OCC(=O)O)c(C(=O)C(N)=O)c(C)n2Cc1ccccc1. The molecule has 7 heteroatoms. The third kappa shape index (κ3) is 3.96. The number of rotatable bonds is 9. The van der Waals surface area contributed by atoms with Crippen LogP contribution in [0.2, 0.25) is 0 Å². The number of amides is 1. The van der Waals surface area contributed by atoms with Crippen LogP contribution < -0.4 is 10.5 Å². The molecule has 0 unspecified atom stereocenters. The van der Waals surface area contributed by atoms with Crippen molar-refractivity contribution in [3.63, 3.8) is 0 Å². The fourth-order valence-electron chi connectivity index (χ4n) is 3.56. The molecule has 0 aliphatic carbocycles. The van der Waals surface area contributed by atoms with Crippen molar-refractivity contribution < 1.29 is 24.2 Å². The fraction of sp³-hybridized carbons (Fsp3) is 0.174. The maximum absolute atomic E-state index is 12.7. The lowest BCUT2D eigenvalue weighted by molar-refractivity contribution is -0.139. The monoisotopic (exact) mass is 406 g/mol. The smallest absolute Gasteiger partial charge is 0.341 e. The number of primary amides is 1. The summed E-state index contributed by atoms with van der Waals surface area (Å²) in [6, 6.07) is 13.3. The number of fused-ring (bicyclic) bond motifs is 1. The average Bonchev–Trinajstić information content (AvgIpc) is 2.99. The molecule has 0 aliphatic heterocycles. The van der Waals surface area contributed by atoms with E-state index >= 15 is 0 Å². The first-order valence-electron chi connectivity index (χ1n) is 9.33. The van der Waals surface area contributed by atoms with E-state index in [0.29, 0.717) is 35.1 Å². The van der Waals surface area contributed by atoms with Gasteiger partial charge >= 0.3 is 5.97 Å². The first kappa shape index (κ1) is 20.9. The summed E-state index contributed by atoms with van der Waals surface area (Å²) in [6.07, 6.45) is 2.05. The van der Waals surface area contributed by atoms with Gasteiger partial charge in [-0.1, -0.05) is 42.5 Å². The summed E-state index contributed by atoms with van der Waals surface area (Å²) in [6.45, 7) is 5.31. The quantitative estimate of drug-likeness (QED) is 0.322. The lowest BCUT2D eigenvalue weighted by Gasteiger charge is -2.13. The molecule has 1 heterocycles. The number of carboxylic acids is 1. The second-order valence-electron chi connectivity index (χ2n) is 6.85. The van der Waals surface area contributed by atoms with Gasteiger partial charge in [-0.15, -0.1) is 6.58 Å². The van der Waals surface area contributed by atoms with Crippen LogP contribution in [-0.4, -0.2) is 33.9 Å². The van der Waals surface area contributed by atoms with Gasteiger partial charge in [0.05, 0.1) is 16.5 Å². The Bertz CT molecular complexity index is 1150. The van der Waals surface area contributed by atoms with E-state index in [1.54, 1.807) is 19.1 Å². The summed E-state index contributed by atoms with van der Waals surface area (Å²) < 4.78 is 7.48. The van der Waals surface area contributed by atoms with Gasteiger partial charge in [-0.3, -0.25) is 9.59 Å². The molecule has 3 N–H and O–H groups in total. The van der Waals surface area contributed by atoms with Crippen LogP contribution in [0.4, 0.5) is 0 Å². The van der Waals surface area contributed by atoms with E-state index in [1.165, 1.54) is 0 Å². The van der Waals surface area contributed by atoms with Gasteiger partial charge in [0.2, 0.25) is 0 Å². The van der Waals surface area contributed by atoms with Gasteiger partial charge in [0.1, 0.15) is 5.75 Å². The Balaban J connectivity index is 2.32. The van der Waals surface area contributed by atoms with E-state index in [2.05, 4.69) is 6.58 Å². The number of hydrogen-bond acceptors (Lipinski definition) is 4. The van der Waals surface area contributed by atoms with Crippen LogP contribution in [0.3, 0.4) is 0 Å². The average molecular weight is 406 g/mol. The van der Waals surface area contributed by atoms with E-state index in [-0.39, 0.29) is 11.3 Å². The Morgan fingerprint density at radius 1 is 1.17 bits per heavy atom. The Labute approximate surface area is 173 Å². The summed E-state index contributed by atoms with van der Waals surface area (Å²) in [5, 5.41) is 9.48. The lowest BCUT2D eigenvalue weighted by atomic mass is 10.0. The van der Waals surface area contributed by atoms with Crippen LogP contribution in [0.25, 0.3) is 10.9 Å². The van der Waals surface area contributed by atoms with Crippen molar-refractivity contribution in [1.29, 1.82) is 0 Å². The molecule has 154 valence electrons. The number of carbonyl (C=O) groups excluding carboxylic acids is 2. The molecule has 1 aromatic heterocycles. The molecule has 2 aromatic carbocycles. The van der Waals surface area contributed by atoms with Crippen LogP contribution in [0, 0.1) is 6.92 Å². The van der Waals surface area contributed by atoms with E-state index in [0.717, 1.165) is 5.56 Å². The molecule has 0 radical (unpaired) electrons. The number of aliphatic carboxylic acids is 1. The standard InChI is InChI=1S/C23H22N2O5/c1-3-7-16-10-11-17-20(22(16)30-13-18(26)27)19(21(28)23(24)29)14(2)25(17)12-15-8-5-4-6-9-15/h3-6,8-11H,1,7,12-13H2,2H3,(H2,24,29)(H,26,27). The van der Waals surface area contributed by atoms with Crippen molar-refractivity contribution >= 4 is 28.6 Å². The number of carbonyl (C=O) groups is 3. The maximum Gasteiger partial charge on any atom is 0.341 e. The highest BCUT2D eigenvalue weighted by molar-refractivity contribution is 6.45. The molecule has 0 bridgehead atoms. The van der Waals surface area contributed by atoms with Gasteiger partial charge in [-0.2, -0.15) is 0 Å². The van der Waals surface area contributed by atoms with Crippen molar-refractivity contribution in [3.05, 3.63) is 77.5 Å². The predicted molar refractivity (Wildman–Crippen MR) is 113 cm³/mol. The zero-order valence-corrected chi connectivity index (χ0v) is 16.6. The minimum absolute atomic E-state index is 0.125. The number of carboxylic acid groups (broad SMARTS) is 1. The Kier molecular flexibility index (Phi) is 6.01. The van der Waals surface area contributed by atoms with Crippen LogP contribution in [0.5, 0.6) is 5.75 Å². The van der Waals surface area contributed by atoms with Crippen molar-refractivity contribution in [2.75, 3.05) is 6.61 Å². The van der Waals surface area contributed by atoms with Gasteiger partial charge < -0.3 is 20.1 Å². The molecule has 0 fully saturated rings. The molecule has 1 amide bonds. The molecule has 3 aromatic rings. The lowest BCUT2D eigenvalue weighted by Crippen LogP contribution is -2.24. The highest BCUT2D eigenvalue weighted by Gasteiger charge is 2.27. The molecule has 0 saturated carbocycles. The summed E-state index contributed by atoms with van der Waals surface area (Å²) in [5.74, 6) is -2.84. The maximum atomic E-state index is 12.7. The molecular formula is C23H22N2O5. The summed E-state index contributed by atoms with van der Waals surface area (Å²) in [5.41, 5.74) is 8.29. The highest BCUT2D eigenvalue weighted by Crippen LogP contribution is 2.37. The molecule has 0 spiro atoms. The number of aromatic nitrogens is 1. The number of ketones is 1. The Morgan fingerprint density at radius 3 is 2.47 bits per heavy atom. The van der Waals surface area contributed by atoms with Crippen molar-refractivity contribution in [2.45, 2.75) is 19.9 Å². The summed E-state index contributed by atoms with van der Waals surface area (Å²) >= 11 is 0. The topological polar surface area (TPSA) is 112 Å². The first-order valence-corrected chi connectivity index (χ1v) is 9.33. The number of nitrogens with two attached hydrogens (primary N) is 1. The van der Waals surface area contributed by atoms with E-state index < -0.39 is 24.3 Å². The highest BCUT2D eigenvalue weighted by atomic mass is 16.5. The molecule has 0 aliphatic rings. The molecule has 0 saturated heterocycles. The van der Waals surface area contributed by atoms with Crippen LogP contribution in [0.1, 0.15) is 27.2 Å². The van der Waals surface area contributed by atoms with Crippen molar-refractivity contribution in [2.24, 2.45) is 5.73 Å². The zero-order chi connectivity index (χ0) is 21.8. The molecule has 0 atom stereocenters. The largest absolute Gasteiger partial charge is 0.481 e. The van der Waals surface area contributed by atoms with E-state index in [9.17, 15) is 14.4 Å². The van der Waals surface area contributed by atoms with Gasteiger partial charge in [0.25, 0.3) is 11.7 Å². The molecule has 7 nitrogen and oxygen atoms in total. The van der Waals surface area contributed by atoms with Crippen molar-refractivity contribution in [1.82, 2.24) is 4.57 Å². The second kappa shape index (κ2) is 8.65. The number of ether oxygens (including phenoxy) is 1. The Hall–Kier alpha value is -3.87. The molecule has 3 rings (SSSR count). The van der Waals surface area contributed by atoms with Gasteiger partial charge in [0.15, 0.2) is 6.61 Å². The third-order valence-electron chi connectivity index (χ3n) is 4.86. The minimum Gasteiger partial charge on any atom is -0.481 e. The molecule has 30 heavy (non-hydrogen) atoms. The number of allylic oxidation sites excluding steroid dienone is 1. The van der Waals surface area contributed by atoms with Gasteiger partial charge in [-0.05, 0) is 30.5 Å². The zero-order valence-electron chi connectivity index (χ0n) is 16.6. The molecular weight excluding hydrogens is 384 g/mol. The predicted octanol–water partition coefficient (Wildman–Crippen LogP) is 2.86. The van der Waals surface area contributed by atoms with Gasteiger partial charge in [-0.25, -0.2) is 4.79 Å². The normalized spacial score (nSPS) is 10.7. The van der Waals surface area contributed by atoms with Crippen LogP contribution in [0.15, 0.2) is 55.1 Å². The van der Waals surface area contributed by atoms with E-state index in [4.69, 9.17) is 15.6 Å². The summed E-state index contributed by atoms with van der Waals surface area (Å²) in [4.78, 5) is 35.6. The van der Waals surface area contributed by atoms with Crippen molar-refractivity contribution in [3.8, 4) is 5.75 Å². The Morgan fingerprint density at radius 2 is 1.87 bits per heavy atom.